The predicted octanol–water partition coefficient (Wildman–Crippen LogP) is 2.31. The van der Waals surface area contributed by atoms with Crippen molar-refractivity contribution in [1.29, 1.82) is 0 Å². The second-order valence-electron chi connectivity index (χ2n) is 7.83. The molecule has 0 radical (unpaired) electrons. The van der Waals surface area contributed by atoms with Crippen LogP contribution >= 0.6 is 0 Å². The van der Waals surface area contributed by atoms with E-state index in [2.05, 4.69) is 30.8 Å². The number of likely N-dealkylation sites (N-methyl/N-ethyl adjacent to an activating group) is 1. The summed E-state index contributed by atoms with van der Waals surface area (Å²) in [4.78, 5) is 35.1. The Morgan fingerprint density at radius 3 is 2.80 bits per heavy atom. The number of nitrogens with zero attached hydrogens (tertiary/aromatic N) is 4. The fourth-order valence-electron chi connectivity index (χ4n) is 3.41. The first-order valence-electron chi connectivity index (χ1n) is 10.7. The molecule has 1 aromatic carbocycles. The topological polar surface area (TPSA) is 125 Å². The molecular weight excluding hydrogens is 467 g/mol. The number of anilines is 2. The van der Waals surface area contributed by atoms with E-state index in [0.717, 1.165) is 5.56 Å². The van der Waals surface area contributed by atoms with Crippen LogP contribution in [0.4, 0.5) is 24.7 Å². The fourth-order valence-corrected chi connectivity index (χ4v) is 3.41. The van der Waals surface area contributed by atoms with Crippen LogP contribution < -0.4 is 20.3 Å². The summed E-state index contributed by atoms with van der Waals surface area (Å²) in [7, 11) is 1.48. The number of aromatic amines is 1. The molecule has 3 aromatic rings. The zero-order valence-electron chi connectivity index (χ0n) is 18.6. The lowest BCUT2D eigenvalue weighted by atomic mass is 10.1. The highest BCUT2D eigenvalue weighted by molar-refractivity contribution is 6.02. The van der Waals surface area contributed by atoms with Crippen molar-refractivity contribution < 1.29 is 27.5 Å². The molecule has 0 fully saturated rings. The minimum absolute atomic E-state index is 0.119. The van der Waals surface area contributed by atoms with Crippen molar-refractivity contribution >= 4 is 23.3 Å². The number of carbonyl (C=O) groups excluding carboxylic acids is 2. The van der Waals surface area contributed by atoms with Gasteiger partial charge in [0.05, 0.1) is 12.6 Å². The first kappa shape index (κ1) is 24.0. The van der Waals surface area contributed by atoms with Gasteiger partial charge in [0.2, 0.25) is 5.82 Å². The first-order chi connectivity index (χ1) is 16.7. The smallest absolute Gasteiger partial charge is 0.390 e. The van der Waals surface area contributed by atoms with Crippen molar-refractivity contribution in [2.24, 2.45) is 0 Å². The molecule has 0 saturated heterocycles. The minimum Gasteiger partial charge on any atom is -0.488 e. The lowest BCUT2D eigenvalue weighted by molar-refractivity contribution is -0.131. The monoisotopic (exact) mass is 489 g/mol. The van der Waals surface area contributed by atoms with Gasteiger partial charge in [-0.1, -0.05) is 30.3 Å². The summed E-state index contributed by atoms with van der Waals surface area (Å²) in [6.07, 6.45) is -3.54. The summed E-state index contributed by atoms with van der Waals surface area (Å²) >= 11 is 0. The van der Waals surface area contributed by atoms with Crippen LogP contribution in [0.25, 0.3) is 0 Å². The summed E-state index contributed by atoms with van der Waals surface area (Å²) in [5.41, 5.74) is 1.30. The van der Waals surface area contributed by atoms with E-state index in [1.165, 1.54) is 24.2 Å². The Bertz CT molecular complexity index is 1200. The number of hydrogen-bond acceptors (Lipinski definition) is 7. The molecule has 13 heteroatoms. The Kier molecular flexibility index (Phi) is 6.85. The molecular formula is C22H22F3N7O3. The van der Waals surface area contributed by atoms with E-state index in [1.54, 1.807) is 0 Å². The molecule has 10 nitrogen and oxygen atoms in total. The highest BCUT2D eigenvalue weighted by Crippen LogP contribution is 2.32. The highest BCUT2D eigenvalue weighted by Gasteiger charge is 2.32. The molecule has 0 saturated carbocycles. The number of amides is 2. The van der Waals surface area contributed by atoms with Crippen molar-refractivity contribution in [1.82, 2.24) is 25.5 Å². The predicted molar refractivity (Wildman–Crippen MR) is 119 cm³/mol. The average Bonchev–Trinajstić information content (AvgIpc) is 3.25. The molecule has 4 rings (SSSR count). The maximum absolute atomic E-state index is 12.9. The summed E-state index contributed by atoms with van der Waals surface area (Å²) in [6.45, 7) is -0.555. The molecule has 35 heavy (non-hydrogen) atoms. The average molecular weight is 489 g/mol. The number of alkyl halides is 3. The van der Waals surface area contributed by atoms with E-state index >= 15 is 0 Å². The van der Waals surface area contributed by atoms with Gasteiger partial charge in [0.15, 0.2) is 0 Å². The van der Waals surface area contributed by atoms with Gasteiger partial charge in [0, 0.05) is 26.1 Å². The summed E-state index contributed by atoms with van der Waals surface area (Å²) < 4.78 is 42.8. The molecule has 3 heterocycles. The van der Waals surface area contributed by atoms with E-state index in [9.17, 15) is 22.8 Å². The Morgan fingerprint density at radius 1 is 1.29 bits per heavy atom. The van der Waals surface area contributed by atoms with Gasteiger partial charge in [-0.2, -0.15) is 13.2 Å². The van der Waals surface area contributed by atoms with Gasteiger partial charge in [0.1, 0.15) is 35.7 Å². The Balaban J connectivity index is 1.39. The number of halogens is 3. The summed E-state index contributed by atoms with van der Waals surface area (Å²) in [6, 6.07) is 9.88. The molecule has 184 valence electrons. The van der Waals surface area contributed by atoms with Crippen molar-refractivity contribution in [3.05, 3.63) is 59.8 Å². The van der Waals surface area contributed by atoms with Crippen LogP contribution in [0.15, 0.2) is 42.6 Å². The van der Waals surface area contributed by atoms with Gasteiger partial charge < -0.3 is 20.3 Å². The molecule has 2 amide bonds. The minimum atomic E-state index is -4.29. The van der Waals surface area contributed by atoms with Crippen LogP contribution in [0.3, 0.4) is 0 Å². The van der Waals surface area contributed by atoms with Crippen LogP contribution in [0.5, 0.6) is 5.75 Å². The Hall–Kier alpha value is -4.16. The number of fused-ring (bicyclic) bond motifs is 1. The molecule has 1 aliphatic heterocycles. The van der Waals surface area contributed by atoms with E-state index in [4.69, 9.17) is 4.74 Å². The first-order valence-corrected chi connectivity index (χ1v) is 10.7. The van der Waals surface area contributed by atoms with Crippen LogP contribution in [0, 0.1) is 0 Å². The molecule has 1 aliphatic rings. The number of pyridine rings is 1. The SMILES string of the molecule is CN1C(=O)[C@@H](NC(=O)c2n[nH]c(Cc3ccccc3)n2)COc2cc(NCCC(F)(F)F)ncc21. The molecule has 1 atom stereocenters. The van der Waals surface area contributed by atoms with Crippen LogP contribution in [0.1, 0.15) is 28.4 Å². The fraction of sp³-hybridized carbons (Fsp3) is 0.318. The molecule has 0 spiro atoms. The van der Waals surface area contributed by atoms with Gasteiger partial charge in [-0.05, 0) is 5.56 Å². The van der Waals surface area contributed by atoms with E-state index in [1.807, 2.05) is 30.3 Å². The van der Waals surface area contributed by atoms with Gasteiger partial charge in [-0.25, -0.2) is 9.97 Å². The normalized spacial score (nSPS) is 15.7. The van der Waals surface area contributed by atoms with Crippen molar-refractivity contribution in [2.45, 2.75) is 25.1 Å². The maximum Gasteiger partial charge on any atom is 0.390 e. The number of hydrogen-bond donors (Lipinski definition) is 3. The molecule has 3 N–H and O–H groups in total. The molecule has 0 bridgehead atoms. The molecule has 2 aromatic heterocycles. The number of carbonyl (C=O) groups is 2. The van der Waals surface area contributed by atoms with Crippen LogP contribution in [-0.4, -0.2) is 64.4 Å². The Labute approximate surface area is 197 Å². The maximum atomic E-state index is 12.9. The highest BCUT2D eigenvalue weighted by atomic mass is 19.4. The largest absolute Gasteiger partial charge is 0.488 e. The number of aromatic nitrogens is 4. The lowest BCUT2D eigenvalue weighted by Gasteiger charge is -2.19. The van der Waals surface area contributed by atoms with Gasteiger partial charge in [-0.3, -0.25) is 14.7 Å². The summed E-state index contributed by atoms with van der Waals surface area (Å²) in [5.74, 6) is -0.337. The number of rotatable bonds is 7. The van der Waals surface area contributed by atoms with Gasteiger partial charge in [0.25, 0.3) is 11.8 Å². The van der Waals surface area contributed by atoms with Crippen molar-refractivity contribution in [3.63, 3.8) is 0 Å². The standard InChI is InChI=1S/C22H22F3N7O3/c1-32-15-11-27-17(26-8-7-22(23,24)25)10-16(15)35-12-14(21(32)34)28-20(33)19-29-18(30-31-19)9-13-5-3-2-4-6-13/h2-6,10-11,14H,7-9,12H2,1H3,(H,26,27)(H,28,33)(H,29,30,31)/t14-/m0/s1. The number of benzene rings is 1. The number of ether oxygens (including phenoxy) is 1. The third-order valence-electron chi connectivity index (χ3n) is 5.21. The van der Waals surface area contributed by atoms with Crippen molar-refractivity contribution in [2.75, 3.05) is 30.4 Å². The lowest BCUT2D eigenvalue weighted by Crippen LogP contribution is -2.49. The van der Waals surface area contributed by atoms with E-state index < -0.39 is 30.5 Å². The van der Waals surface area contributed by atoms with E-state index in [0.29, 0.717) is 17.9 Å². The van der Waals surface area contributed by atoms with Crippen molar-refractivity contribution in [3.8, 4) is 5.75 Å². The van der Waals surface area contributed by atoms with E-state index in [-0.39, 0.29) is 30.5 Å². The second kappa shape index (κ2) is 9.99. The third-order valence-corrected chi connectivity index (χ3v) is 5.21. The van der Waals surface area contributed by atoms with Gasteiger partial charge in [-0.15, -0.1) is 5.10 Å². The molecule has 0 unspecified atom stereocenters. The summed E-state index contributed by atoms with van der Waals surface area (Å²) in [5, 5.41) is 11.8. The van der Waals surface area contributed by atoms with Crippen LogP contribution in [-0.2, 0) is 11.2 Å². The quantitative estimate of drug-likeness (QED) is 0.465. The second-order valence-corrected chi connectivity index (χ2v) is 7.83. The number of nitrogens with one attached hydrogen (secondary N) is 3. The van der Waals surface area contributed by atoms with Gasteiger partial charge >= 0.3 is 6.18 Å². The number of H-pyrrole nitrogens is 1. The zero-order valence-corrected chi connectivity index (χ0v) is 18.6. The van der Waals surface area contributed by atoms with Crippen LogP contribution in [0.2, 0.25) is 0 Å². The Morgan fingerprint density at radius 2 is 2.06 bits per heavy atom. The third kappa shape index (κ3) is 6.05. The zero-order chi connectivity index (χ0) is 25.0. The molecule has 0 aliphatic carbocycles.